The Bertz CT molecular complexity index is 688. The lowest BCUT2D eigenvalue weighted by molar-refractivity contribution is 0.0948. The summed E-state index contributed by atoms with van der Waals surface area (Å²) in [5, 5.41) is 7.11. The summed E-state index contributed by atoms with van der Waals surface area (Å²) < 4.78 is 13.0. The first-order valence-electron chi connectivity index (χ1n) is 7.86. The normalized spacial score (nSPS) is 16.5. The number of hydrogen-bond donors (Lipinski definition) is 2. The summed E-state index contributed by atoms with van der Waals surface area (Å²) in [5.74, 6) is 0.150. The van der Waals surface area contributed by atoms with Crippen LogP contribution in [-0.4, -0.2) is 30.5 Å². The van der Waals surface area contributed by atoms with Gasteiger partial charge in [-0.05, 0) is 63.0 Å². The number of nitrogens with one attached hydrogen (secondary N) is 2. The number of halogens is 3. The van der Waals surface area contributed by atoms with Crippen molar-refractivity contribution >= 4 is 42.1 Å². The van der Waals surface area contributed by atoms with Gasteiger partial charge in [0.05, 0.1) is 5.69 Å². The molecule has 1 fully saturated rings. The van der Waals surface area contributed by atoms with E-state index >= 15 is 0 Å². The highest BCUT2D eigenvalue weighted by atomic mass is 35.5. The smallest absolute Gasteiger partial charge is 0.263 e. The number of thiazole rings is 1. The van der Waals surface area contributed by atoms with Crippen molar-refractivity contribution in [1.82, 2.24) is 15.6 Å². The van der Waals surface area contributed by atoms with E-state index in [0.29, 0.717) is 23.0 Å². The molecular formula is C17H22Cl2FN3OS. The number of hydrogen-bond acceptors (Lipinski definition) is 4. The molecular weight excluding hydrogens is 384 g/mol. The Morgan fingerprint density at radius 3 is 2.72 bits per heavy atom. The Balaban J connectivity index is 0.00000156. The summed E-state index contributed by atoms with van der Waals surface area (Å²) in [6.45, 7) is 4.55. The second-order valence-corrected chi connectivity index (χ2v) is 6.86. The molecule has 1 saturated heterocycles. The highest BCUT2D eigenvalue weighted by molar-refractivity contribution is 7.17. The molecule has 1 amide bonds. The molecule has 1 atom stereocenters. The quantitative estimate of drug-likeness (QED) is 0.812. The van der Waals surface area contributed by atoms with Gasteiger partial charge in [-0.25, -0.2) is 9.37 Å². The maximum Gasteiger partial charge on any atom is 0.263 e. The number of carbonyl (C=O) groups excluding carboxylic acids is 1. The monoisotopic (exact) mass is 405 g/mol. The van der Waals surface area contributed by atoms with E-state index in [1.807, 2.05) is 6.92 Å². The summed E-state index contributed by atoms with van der Waals surface area (Å²) in [4.78, 5) is 17.5. The van der Waals surface area contributed by atoms with Gasteiger partial charge < -0.3 is 10.6 Å². The van der Waals surface area contributed by atoms with E-state index in [1.54, 1.807) is 12.1 Å². The van der Waals surface area contributed by atoms with E-state index in [0.717, 1.165) is 36.5 Å². The average molecular weight is 406 g/mol. The van der Waals surface area contributed by atoms with Crippen LogP contribution < -0.4 is 10.6 Å². The van der Waals surface area contributed by atoms with Gasteiger partial charge in [-0.2, -0.15) is 0 Å². The van der Waals surface area contributed by atoms with Crippen molar-refractivity contribution in [2.75, 3.05) is 19.6 Å². The van der Waals surface area contributed by atoms with Crippen molar-refractivity contribution in [3.8, 4) is 10.6 Å². The first-order valence-corrected chi connectivity index (χ1v) is 8.67. The van der Waals surface area contributed by atoms with Crippen LogP contribution >= 0.6 is 36.2 Å². The molecule has 0 saturated carbocycles. The summed E-state index contributed by atoms with van der Waals surface area (Å²) in [6.07, 6.45) is 2.31. The predicted octanol–water partition coefficient (Wildman–Crippen LogP) is 3.83. The molecule has 3 rings (SSSR count). The summed E-state index contributed by atoms with van der Waals surface area (Å²) >= 11 is 1.35. The third-order valence-electron chi connectivity index (χ3n) is 4.04. The van der Waals surface area contributed by atoms with Crippen LogP contribution in [0.1, 0.15) is 28.2 Å². The Hall–Kier alpha value is -1.21. The lowest BCUT2D eigenvalue weighted by Gasteiger charge is -2.22. The van der Waals surface area contributed by atoms with Crippen molar-refractivity contribution < 1.29 is 9.18 Å². The van der Waals surface area contributed by atoms with E-state index in [4.69, 9.17) is 0 Å². The average Bonchev–Trinajstić information content (AvgIpc) is 2.96. The number of benzene rings is 1. The molecule has 0 radical (unpaired) electrons. The molecule has 2 N–H and O–H groups in total. The van der Waals surface area contributed by atoms with Crippen molar-refractivity contribution in [3.63, 3.8) is 0 Å². The number of aryl methyl sites for hydroxylation is 1. The fraction of sp³-hybridized carbons (Fsp3) is 0.412. The van der Waals surface area contributed by atoms with Gasteiger partial charge >= 0.3 is 0 Å². The molecule has 1 unspecified atom stereocenters. The highest BCUT2D eigenvalue weighted by Crippen LogP contribution is 2.28. The van der Waals surface area contributed by atoms with Crippen LogP contribution in [0.15, 0.2) is 24.3 Å². The number of amides is 1. The molecule has 0 bridgehead atoms. The van der Waals surface area contributed by atoms with Crippen molar-refractivity contribution in [2.45, 2.75) is 19.8 Å². The van der Waals surface area contributed by atoms with Gasteiger partial charge in [-0.3, -0.25) is 4.79 Å². The zero-order valence-electron chi connectivity index (χ0n) is 13.9. The number of rotatable bonds is 4. The lowest BCUT2D eigenvalue weighted by Crippen LogP contribution is -2.38. The van der Waals surface area contributed by atoms with E-state index < -0.39 is 0 Å². The number of nitrogens with zero attached hydrogens (tertiary/aromatic N) is 1. The number of aromatic nitrogens is 1. The SMILES string of the molecule is Cc1nc(-c2ccc(F)cc2)sc1C(=O)NCC1CCCNC1.Cl.Cl. The standard InChI is InChI=1S/C17H20FN3OS.2ClH/c1-11-15(16(22)20-10-12-3-2-8-19-9-12)23-17(21-11)13-4-6-14(18)7-5-13;;/h4-7,12,19H,2-3,8-10H2,1H3,(H,20,22);2*1H. The van der Waals surface area contributed by atoms with Crippen LogP contribution in [0.5, 0.6) is 0 Å². The molecule has 0 aliphatic carbocycles. The third kappa shape index (κ3) is 5.64. The minimum absolute atomic E-state index is 0. The molecule has 1 aromatic heterocycles. The van der Waals surface area contributed by atoms with Gasteiger partial charge in [0.15, 0.2) is 0 Å². The molecule has 1 aromatic carbocycles. The topological polar surface area (TPSA) is 54.0 Å². The van der Waals surface area contributed by atoms with Crippen molar-refractivity contribution in [1.29, 1.82) is 0 Å². The van der Waals surface area contributed by atoms with Crippen LogP contribution in [0, 0.1) is 18.7 Å². The van der Waals surface area contributed by atoms with Gasteiger partial charge in [0, 0.05) is 12.1 Å². The molecule has 8 heteroatoms. The number of carbonyl (C=O) groups is 1. The second kappa shape index (κ2) is 10.1. The Morgan fingerprint density at radius 2 is 2.08 bits per heavy atom. The maximum absolute atomic E-state index is 13.0. The van der Waals surface area contributed by atoms with Gasteiger partial charge in [-0.1, -0.05) is 0 Å². The maximum atomic E-state index is 13.0. The molecule has 0 spiro atoms. The fourth-order valence-electron chi connectivity index (χ4n) is 2.74. The van der Waals surface area contributed by atoms with Crippen molar-refractivity contribution in [2.24, 2.45) is 5.92 Å². The van der Waals surface area contributed by atoms with Gasteiger partial charge in [0.2, 0.25) is 0 Å². The second-order valence-electron chi connectivity index (χ2n) is 5.86. The summed E-state index contributed by atoms with van der Waals surface area (Å²) in [6, 6.07) is 6.18. The molecule has 1 aliphatic heterocycles. The summed E-state index contributed by atoms with van der Waals surface area (Å²) in [5.41, 5.74) is 1.55. The van der Waals surface area contributed by atoms with E-state index in [1.165, 1.54) is 23.5 Å². The van der Waals surface area contributed by atoms with E-state index in [2.05, 4.69) is 15.6 Å². The van der Waals surface area contributed by atoms with Crippen LogP contribution in [0.3, 0.4) is 0 Å². The van der Waals surface area contributed by atoms with Gasteiger partial charge in [-0.15, -0.1) is 36.2 Å². The first kappa shape index (κ1) is 21.8. The predicted molar refractivity (Wildman–Crippen MR) is 105 cm³/mol. The Morgan fingerprint density at radius 1 is 1.36 bits per heavy atom. The molecule has 1 aliphatic rings. The Labute approximate surface area is 163 Å². The van der Waals surface area contributed by atoms with Gasteiger partial charge in [0.1, 0.15) is 15.7 Å². The largest absolute Gasteiger partial charge is 0.351 e. The number of piperidine rings is 1. The van der Waals surface area contributed by atoms with Gasteiger partial charge in [0.25, 0.3) is 5.91 Å². The van der Waals surface area contributed by atoms with Crippen LogP contribution in [0.25, 0.3) is 10.6 Å². The molecule has 138 valence electrons. The van der Waals surface area contributed by atoms with Crippen LogP contribution in [0.2, 0.25) is 0 Å². The molecule has 4 nitrogen and oxygen atoms in total. The zero-order chi connectivity index (χ0) is 16.2. The minimum Gasteiger partial charge on any atom is -0.351 e. The van der Waals surface area contributed by atoms with E-state index in [9.17, 15) is 9.18 Å². The zero-order valence-corrected chi connectivity index (χ0v) is 16.3. The van der Waals surface area contributed by atoms with Crippen LogP contribution in [0.4, 0.5) is 4.39 Å². The third-order valence-corrected chi connectivity index (χ3v) is 5.25. The first-order chi connectivity index (χ1) is 11.1. The highest BCUT2D eigenvalue weighted by Gasteiger charge is 2.18. The lowest BCUT2D eigenvalue weighted by atomic mass is 10.00. The summed E-state index contributed by atoms with van der Waals surface area (Å²) in [7, 11) is 0. The molecule has 2 aromatic rings. The Kier molecular flexibility index (Phi) is 8.79. The van der Waals surface area contributed by atoms with Crippen molar-refractivity contribution in [3.05, 3.63) is 40.7 Å². The molecule has 2 heterocycles. The minimum atomic E-state index is -0.277. The molecule has 25 heavy (non-hydrogen) atoms. The fourth-order valence-corrected chi connectivity index (χ4v) is 3.73. The van der Waals surface area contributed by atoms with Crippen LogP contribution in [-0.2, 0) is 0 Å². The van der Waals surface area contributed by atoms with E-state index in [-0.39, 0.29) is 36.5 Å².